The van der Waals surface area contributed by atoms with Gasteiger partial charge in [-0.25, -0.2) is 14.4 Å². The molecule has 2 aromatic heterocycles. The fraction of sp³-hybridized carbons (Fsp3) is 0.273. The van der Waals surface area contributed by atoms with E-state index in [0.29, 0.717) is 24.7 Å². The predicted molar refractivity (Wildman–Crippen MR) is 116 cm³/mol. The smallest absolute Gasteiger partial charge is 0.274 e. The molecule has 0 spiro atoms. The van der Waals surface area contributed by atoms with E-state index in [1.54, 1.807) is 30.7 Å². The molecule has 3 aromatic rings. The highest BCUT2D eigenvalue weighted by molar-refractivity contribution is 6.04. The first-order chi connectivity index (χ1) is 15.2. The maximum absolute atomic E-state index is 13.5. The van der Waals surface area contributed by atoms with Crippen molar-refractivity contribution in [2.45, 2.75) is 13.1 Å². The third-order valence-corrected chi connectivity index (χ3v) is 5.55. The molecule has 0 atom stereocenters. The third kappa shape index (κ3) is 4.04. The summed E-state index contributed by atoms with van der Waals surface area (Å²) in [7, 11) is 0. The molecule has 2 N–H and O–H groups in total. The minimum absolute atomic E-state index is 0.258. The zero-order valence-electron chi connectivity index (χ0n) is 16.9. The highest BCUT2D eigenvalue weighted by Gasteiger charge is 2.23. The lowest BCUT2D eigenvalue weighted by Gasteiger charge is -2.30. The number of piperazine rings is 1. The van der Waals surface area contributed by atoms with Crippen LogP contribution in [0.3, 0.4) is 0 Å². The van der Waals surface area contributed by atoms with Gasteiger partial charge in [0.1, 0.15) is 11.5 Å². The van der Waals surface area contributed by atoms with Crippen LogP contribution >= 0.6 is 0 Å². The third-order valence-electron chi connectivity index (χ3n) is 5.55. The van der Waals surface area contributed by atoms with Gasteiger partial charge in [0.25, 0.3) is 5.91 Å². The summed E-state index contributed by atoms with van der Waals surface area (Å²) in [5.41, 5.74) is 3.81. The van der Waals surface area contributed by atoms with Gasteiger partial charge in [-0.15, -0.1) is 0 Å². The second-order valence-corrected chi connectivity index (χ2v) is 7.59. The SMILES string of the molecule is O=C(Nc1cnccc1N1CCNCC1)c1ccnc(N2Cc3ccc(F)cc3C2)n1. The number of aromatic nitrogens is 3. The Balaban J connectivity index is 1.34. The number of pyridine rings is 1. The standard InChI is InChI=1S/C22H22FN7O/c23-17-2-1-15-13-30(14-16(15)11-17)22-26-6-3-18(28-22)21(31)27-19-12-25-5-4-20(19)29-9-7-24-8-10-29/h1-6,11-12,24H,7-10,13-14H2,(H,27,31). The van der Waals surface area contributed by atoms with Crippen LogP contribution in [0.15, 0.2) is 48.9 Å². The summed E-state index contributed by atoms with van der Waals surface area (Å²) in [6.07, 6.45) is 4.95. The number of carbonyl (C=O) groups excluding carboxylic acids is 1. The monoisotopic (exact) mass is 419 g/mol. The number of nitrogens with zero attached hydrogens (tertiary/aromatic N) is 5. The average Bonchev–Trinajstić information content (AvgIpc) is 3.23. The normalized spacial score (nSPS) is 15.6. The molecule has 4 heterocycles. The van der Waals surface area contributed by atoms with Crippen LogP contribution in [0, 0.1) is 5.82 Å². The van der Waals surface area contributed by atoms with E-state index in [2.05, 4.69) is 30.5 Å². The van der Waals surface area contributed by atoms with E-state index < -0.39 is 0 Å². The molecular weight excluding hydrogens is 397 g/mol. The molecule has 1 amide bonds. The number of carbonyl (C=O) groups is 1. The molecule has 31 heavy (non-hydrogen) atoms. The van der Waals surface area contributed by atoms with Gasteiger partial charge >= 0.3 is 0 Å². The zero-order valence-corrected chi connectivity index (χ0v) is 16.9. The highest BCUT2D eigenvalue weighted by Crippen LogP contribution is 2.27. The summed E-state index contributed by atoms with van der Waals surface area (Å²) in [6, 6.07) is 8.26. The van der Waals surface area contributed by atoms with Gasteiger partial charge in [-0.3, -0.25) is 9.78 Å². The fourth-order valence-corrected chi connectivity index (χ4v) is 3.98. The van der Waals surface area contributed by atoms with Crippen LogP contribution in [0.25, 0.3) is 0 Å². The first-order valence-electron chi connectivity index (χ1n) is 10.2. The number of rotatable bonds is 4. The van der Waals surface area contributed by atoms with Gasteiger partial charge in [-0.1, -0.05) is 6.07 Å². The maximum atomic E-state index is 13.5. The Labute approximate surface area is 179 Å². The average molecular weight is 419 g/mol. The molecule has 0 saturated carbocycles. The number of hydrogen-bond donors (Lipinski definition) is 2. The van der Waals surface area contributed by atoms with Crippen molar-refractivity contribution < 1.29 is 9.18 Å². The topological polar surface area (TPSA) is 86.3 Å². The molecule has 8 nitrogen and oxygen atoms in total. The van der Waals surface area contributed by atoms with Crippen LogP contribution in [0.5, 0.6) is 0 Å². The molecule has 5 rings (SSSR count). The van der Waals surface area contributed by atoms with E-state index in [4.69, 9.17) is 0 Å². The van der Waals surface area contributed by atoms with E-state index in [-0.39, 0.29) is 17.4 Å². The molecule has 2 aliphatic heterocycles. The number of benzene rings is 1. The van der Waals surface area contributed by atoms with Crippen molar-refractivity contribution in [3.8, 4) is 0 Å². The summed E-state index contributed by atoms with van der Waals surface area (Å²) in [5, 5.41) is 6.27. The lowest BCUT2D eigenvalue weighted by molar-refractivity contribution is 0.102. The molecule has 2 aliphatic rings. The Hall–Kier alpha value is -3.59. The van der Waals surface area contributed by atoms with Gasteiger partial charge in [0, 0.05) is 51.7 Å². The predicted octanol–water partition coefficient (Wildman–Crippen LogP) is 2.19. The molecule has 0 bridgehead atoms. The van der Waals surface area contributed by atoms with Gasteiger partial charge in [-0.05, 0) is 35.4 Å². The molecule has 0 aliphatic carbocycles. The molecule has 158 valence electrons. The Morgan fingerprint density at radius 2 is 1.87 bits per heavy atom. The minimum Gasteiger partial charge on any atom is -0.367 e. The number of halogens is 1. The minimum atomic E-state index is -0.323. The van der Waals surface area contributed by atoms with Crippen LogP contribution in [-0.4, -0.2) is 47.0 Å². The van der Waals surface area contributed by atoms with Crippen molar-refractivity contribution in [2.24, 2.45) is 0 Å². The van der Waals surface area contributed by atoms with Crippen LogP contribution in [-0.2, 0) is 13.1 Å². The number of amides is 1. The summed E-state index contributed by atoms with van der Waals surface area (Å²) in [6.45, 7) is 4.60. The van der Waals surface area contributed by atoms with Gasteiger partial charge in [0.15, 0.2) is 0 Å². The molecule has 1 aromatic carbocycles. The van der Waals surface area contributed by atoms with Gasteiger partial charge < -0.3 is 20.4 Å². The van der Waals surface area contributed by atoms with Gasteiger partial charge in [0.2, 0.25) is 5.95 Å². The van der Waals surface area contributed by atoms with E-state index in [9.17, 15) is 9.18 Å². The van der Waals surface area contributed by atoms with E-state index in [1.165, 1.54) is 12.1 Å². The molecular formula is C22H22FN7O. The summed E-state index contributed by atoms with van der Waals surface area (Å²) in [5.74, 6) is -0.139. The van der Waals surface area contributed by atoms with E-state index in [1.807, 2.05) is 11.0 Å². The number of nitrogens with one attached hydrogen (secondary N) is 2. The Bertz CT molecular complexity index is 1120. The Morgan fingerprint density at radius 1 is 1.03 bits per heavy atom. The number of hydrogen-bond acceptors (Lipinski definition) is 7. The van der Waals surface area contributed by atoms with Crippen LogP contribution in [0.2, 0.25) is 0 Å². The van der Waals surface area contributed by atoms with Crippen molar-refractivity contribution in [3.63, 3.8) is 0 Å². The maximum Gasteiger partial charge on any atom is 0.274 e. The molecule has 1 fully saturated rings. The van der Waals surface area contributed by atoms with E-state index in [0.717, 1.165) is 43.0 Å². The van der Waals surface area contributed by atoms with Crippen molar-refractivity contribution in [1.29, 1.82) is 0 Å². The summed E-state index contributed by atoms with van der Waals surface area (Å²) >= 11 is 0. The summed E-state index contributed by atoms with van der Waals surface area (Å²) < 4.78 is 13.5. The van der Waals surface area contributed by atoms with Crippen LogP contribution in [0.4, 0.5) is 21.7 Å². The second kappa shape index (κ2) is 8.27. The fourth-order valence-electron chi connectivity index (χ4n) is 3.98. The van der Waals surface area contributed by atoms with Crippen LogP contribution < -0.4 is 20.4 Å². The van der Waals surface area contributed by atoms with Gasteiger partial charge in [-0.2, -0.15) is 0 Å². The lowest BCUT2D eigenvalue weighted by Crippen LogP contribution is -2.43. The van der Waals surface area contributed by atoms with E-state index >= 15 is 0 Å². The number of fused-ring (bicyclic) bond motifs is 1. The van der Waals surface area contributed by atoms with Crippen LogP contribution in [0.1, 0.15) is 21.6 Å². The van der Waals surface area contributed by atoms with Crippen molar-refractivity contribution in [2.75, 3.05) is 41.3 Å². The zero-order chi connectivity index (χ0) is 21.2. The second-order valence-electron chi connectivity index (χ2n) is 7.59. The van der Waals surface area contributed by atoms with Crippen molar-refractivity contribution in [1.82, 2.24) is 20.3 Å². The molecule has 1 saturated heterocycles. The van der Waals surface area contributed by atoms with Crippen molar-refractivity contribution >= 4 is 23.2 Å². The van der Waals surface area contributed by atoms with Gasteiger partial charge in [0.05, 0.1) is 17.6 Å². The first kappa shape index (κ1) is 19.4. The number of anilines is 3. The molecule has 0 radical (unpaired) electrons. The summed E-state index contributed by atoms with van der Waals surface area (Å²) in [4.78, 5) is 30.1. The quantitative estimate of drug-likeness (QED) is 0.670. The molecule has 0 unspecified atom stereocenters. The first-order valence-corrected chi connectivity index (χ1v) is 10.2. The highest BCUT2D eigenvalue weighted by atomic mass is 19.1. The Morgan fingerprint density at radius 3 is 2.74 bits per heavy atom. The largest absolute Gasteiger partial charge is 0.367 e. The molecule has 9 heteroatoms. The van der Waals surface area contributed by atoms with Crippen molar-refractivity contribution in [3.05, 3.63) is 71.6 Å². The Kier molecular flexibility index (Phi) is 5.17. The lowest BCUT2D eigenvalue weighted by atomic mass is 10.1.